The lowest BCUT2D eigenvalue weighted by Crippen LogP contribution is -2.30. The van der Waals surface area contributed by atoms with Gasteiger partial charge in [0.25, 0.3) is 0 Å². The molecule has 7 heteroatoms. The van der Waals surface area contributed by atoms with Gasteiger partial charge in [0, 0.05) is 26.8 Å². The van der Waals surface area contributed by atoms with Gasteiger partial charge >= 0.3 is 0 Å². The Balaban J connectivity index is 2.88. The van der Waals surface area contributed by atoms with Gasteiger partial charge in [-0.3, -0.25) is 0 Å². The van der Waals surface area contributed by atoms with Crippen LogP contribution in [0.5, 0.6) is 0 Å². The van der Waals surface area contributed by atoms with E-state index in [0.717, 1.165) is 5.56 Å². The molecule has 108 valence electrons. The van der Waals surface area contributed by atoms with Crippen molar-refractivity contribution in [2.75, 3.05) is 20.3 Å². The van der Waals surface area contributed by atoms with E-state index >= 15 is 0 Å². The van der Waals surface area contributed by atoms with Crippen LogP contribution in [0.4, 0.5) is 0 Å². The van der Waals surface area contributed by atoms with Crippen molar-refractivity contribution in [3.63, 3.8) is 0 Å². The molecule has 5 nitrogen and oxygen atoms in total. The largest absolute Gasteiger partial charge is 0.384 e. The van der Waals surface area contributed by atoms with Crippen molar-refractivity contribution in [2.24, 2.45) is 11.7 Å². The number of benzene rings is 1. The van der Waals surface area contributed by atoms with Crippen molar-refractivity contribution >= 4 is 21.6 Å². The predicted octanol–water partition coefficient (Wildman–Crippen LogP) is 1.36. The summed E-state index contributed by atoms with van der Waals surface area (Å²) in [6, 6.07) is 4.73. The Morgan fingerprint density at radius 3 is 2.74 bits per heavy atom. The number of rotatable bonds is 7. The van der Waals surface area contributed by atoms with Gasteiger partial charge in [0.15, 0.2) is 0 Å². The standard InChI is InChI=1S/C12H19ClN2O3S/c1-9(8-18-2)7-15-19(16,17)12-5-10(6-14)3-4-11(12)13/h3-5,9,15H,6-8,14H2,1-2H3. The molecule has 0 aromatic heterocycles. The van der Waals surface area contributed by atoms with E-state index in [4.69, 9.17) is 22.1 Å². The Hall–Kier alpha value is -0.660. The van der Waals surface area contributed by atoms with Crippen LogP contribution in [0.2, 0.25) is 5.02 Å². The molecule has 0 spiro atoms. The van der Waals surface area contributed by atoms with Gasteiger partial charge in [-0.05, 0) is 23.6 Å². The molecule has 1 atom stereocenters. The van der Waals surface area contributed by atoms with Gasteiger partial charge in [-0.2, -0.15) is 0 Å². The molecule has 0 bridgehead atoms. The minimum atomic E-state index is -3.63. The van der Waals surface area contributed by atoms with Crippen LogP contribution >= 0.6 is 11.6 Å². The molecule has 0 saturated heterocycles. The van der Waals surface area contributed by atoms with Crippen molar-refractivity contribution in [3.8, 4) is 0 Å². The number of ether oxygens (including phenoxy) is 1. The van der Waals surface area contributed by atoms with E-state index in [0.29, 0.717) is 13.2 Å². The molecule has 1 unspecified atom stereocenters. The van der Waals surface area contributed by atoms with E-state index < -0.39 is 10.0 Å². The summed E-state index contributed by atoms with van der Waals surface area (Å²) < 4.78 is 31.8. The number of halogens is 1. The maximum absolute atomic E-state index is 12.2. The number of hydrogen-bond donors (Lipinski definition) is 2. The summed E-state index contributed by atoms with van der Waals surface area (Å²) in [5.41, 5.74) is 6.22. The molecule has 0 radical (unpaired) electrons. The number of nitrogens with one attached hydrogen (secondary N) is 1. The van der Waals surface area contributed by atoms with Crippen molar-refractivity contribution in [3.05, 3.63) is 28.8 Å². The first-order valence-electron chi connectivity index (χ1n) is 5.87. The Bertz CT molecular complexity index is 520. The molecular formula is C12H19ClN2O3S. The molecule has 0 fully saturated rings. The maximum Gasteiger partial charge on any atom is 0.242 e. The lowest BCUT2D eigenvalue weighted by molar-refractivity contribution is 0.161. The van der Waals surface area contributed by atoms with Crippen LogP contribution in [-0.2, 0) is 21.3 Å². The molecule has 0 aliphatic carbocycles. The fourth-order valence-corrected chi connectivity index (χ4v) is 3.27. The summed E-state index contributed by atoms with van der Waals surface area (Å²) in [7, 11) is -2.05. The molecule has 1 rings (SSSR count). The number of sulfonamides is 1. The van der Waals surface area contributed by atoms with Gasteiger partial charge in [0.2, 0.25) is 10.0 Å². The highest BCUT2D eigenvalue weighted by Gasteiger charge is 2.19. The number of hydrogen-bond acceptors (Lipinski definition) is 4. The van der Waals surface area contributed by atoms with Crippen molar-refractivity contribution in [1.82, 2.24) is 4.72 Å². The highest BCUT2D eigenvalue weighted by molar-refractivity contribution is 7.89. The third-order valence-corrected chi connectivity index (χ3v) is 4.50. The van der Waals surface area contributed by atoms with E-state index in [1.165, 1.54) is 12.1 Å². The summed E-state index contributed by atoms with van der Waals surface area (Å²) in [4.78, 5) is 0.0572. The van der Waals surface area contributed by atoms with Crippen LogP contribution in [0.25, 0.3) is 0 Å². The Kier molecular flexibility index (Phi) is 6.22. The second kappa shape index (κ2) is 7.21. The Morgan fingerprint density at radius 1 is 1.47 bits per heavy atom. The highest BCUT2D eigenvalue weighted by Crippen LogP contribution is 2.22. The van der Waals surface area contributed by atoms with Crippen LogP contribution in [0, 0.1) is 5.92 Å². The summed E-state index contributed by atoms with van der Waals surface area (Å²) >= 11 is 5.93. The average molecular weight is 307 g/mol. The molecule has 0 saturated carbocycles. The van der Waals surface area contributed by atoms with E-state index in [1.54, 1.807) is 13.2 Å². The zero-order valence-corrected chi connectivity index (χ0v) is 12.6. The number of methoxy groups -OCH3 is 1. The smallest absolute Gasteiger partial charge is 0.242 e. The summed E-state index contributed by atoms with van der Waals surface area (Å²) in [5, 5.41) is 0.184. The van der Waals surface area contributed by atoms with Crippen molar-refractivity contribution in [1.29, 1.82) is 0 Å². The van der Waals surface area contributed by atoms with E-state index in [1.807, 2.05) is 6.92 Å². The molecule has 0 heterocycles. The molecule has 1 aromatic carbocycles. The summed E-state index contributed by atoms with van der Waals surface area (Å²) in [6.07, 6.45) is 0. The SMILES string of the molecule is COCC(C)CNS(=O)(=O)c1cc(CN)ccc1Cl. The molecular weight excluding hydrogens is 288 g/mol. The molecule has 3 N–H and O–H groups in total. The lowest BCUT2D eigenvalue weighted by Gasteiger charge is -2.13. The fraction of sp³-hybridized carbons (Fsp3) is 0.500. The minimum Gasteiger partial charge on any atom is -0.384 e. The monoisotopic (exact) mass is 306 g/mol. The quantitative estimate of drug-likeness (QED) is 0.797. The zero-order valence-electron chi connectivity index (χ0n) is 11.0. The van der Waals surface area contributed by atoms with Gasteiger partial charge in [0.05, 0.1) is 5.02 Å². The highest BCUT2D eigenvalue weighted by atomic mass is 35.5. The summed E-state index contributed by atoms with van der Waals surface area (Å²) in [6.45, 7) is 2.93. The Labute approximate surface area is 119 Å². The second-order valence-electron chi connectivity index (χ2n) is 4.38. The van der Waals surface area contributed by atoms with E-state index in [9.17, 15) is 8.42 Å². The lowest BCUT2D eigenvalue weighted by atomic mass is 10.2. The van der Waals surface area contributed by atoms with Crippen molar-refractivity contribution in [2.45, 2.75) is 18.4 Å². The third-order valence-electron chi connectivity index (χ3n) is 2.59. The zero-order chi connectivity index (χ0) is 14.5. The first-order valence-corrected chi connectivity index (χ1v) is 7.74. The van der Waals surface area contributed by atoms with Gasteiger partial charge in [-0.25, -0.2) is 13.1 Å². The predicted molar refractivity (Wildman–Crippen MR) is 75.6 cm³/mol. The molecule has 19 heavy (non-hydrogen) atoms. The second-order valence-corrected chi connectivity index (χ2v) is 6.52. The molecule has 0 amide bonds. The fourth-order valence-electron chi connectivity index (χ4n) is 1.55. The van der Waals surface area contributed by atoms with Crippen LogP contribution in [-0.4, -0.2) is 28.7 Å². The van der Waals surface area contributed by atoms with Gasteiger partial charge in [-0.1, -0.05) is 24.6 Å². The van der Waals surface area contributed by atoms with Crippen molar-refractivity contribution < 1.29 is 13.2 Å². The van der Waals surface area contributed by atoms with Crippen LogP contribution in [0.1, 0.15) is 12.5 Å². The van der Waals surface area contributed by atoms with E-state index in [-0.39, 0.29) is 22.4 Å². The Morgan fingerprint density at radius 2 is 2.16 bits per heavy atom. The molecule has 1 aromatic rings. The molecule has 0 aliphatic heterocycles. The van der Waals surface area contributed by atoms with Gasteiger partial charge in [0.1, 0.15) is 4.90 Å². The molecule has 0 aliphatic rings. The minimum absolute atomic E-state index is 0.0572. The van der Waals surface area contributed by atoms with E-state index in [2.05, 4.69) is 4.72 Å². The van der Waals surface area contributed by atoms with Crippen LogP contribution in [0.15, 0.2) is 23.1 Å². The third kappa shape index (κ3) is 4.74. The van der Waals surface area contributed by atoms with Gasteiger partial charge in [-0.15, -0.1) is 0 Å². The van der Waals surface area contributed by atoms with Gasteiger partial charge < -0.3 is 10.5 Å². The van der Waals surface area contributed by atoms with Crippen LogP contribution in [0.3, 0.4) is 0 Å². The van der Waals surface area contributed by atoms with Crippen LogP contribution < -0.4 is 10.5 Å². The average Bonchev–Trinajstić information content (AvgIpc) is 2.37. The topological polar surface area (TPSA) is 81.4 Å². The first kappa shape index (κ1) is 16.4. The summed E-state index contributed by atoms with van der Waals surface area (Å²) in [5.74, 6) is 0.0799. The maximum atomic E-state index is 12.2. The number of nitrogens with two attached hydrogens (primary N) is 1. The normalized spacial score (nSPS) is 13.5. The first-order chi connectivity index (χ1) is 8.90.